The Morgan fingerprint density at radius 2 is 1.74 bits per heavy atom. The van der Waals surface area contributed by atoms with Crippen LogP contribution in [0.5, 0.6) is 0 Å². The first kappa shape index (κ1) is 15.6. The van der Waals surface area contributed by atoms with Crippen LogP contribution in [0.3, 0.4) is 0 Å². The number of amides is 1. The summed E-state index contributed by atoms with van der Waals surface area (Å²) in [7, 11) is 0. The summed E-state index contributed by atoms with van der Waals surface area (Å²) in [5.74, 6) is -0.283. The Bertz CT molecular complexity index is 624. The van der Waals surface area contributed by atoms with Crippen LogP contribution >= 0.6 is 0 Å². The van der Waals surface area contributed by atoms with Gasteiger partial charge in [-0.2, -0.15) is 0 Å². The molecule has 5 heteroatoms. The average molecular weight is 310 g/mol. The molecule has 1 saturated heterocycles. The number of carbonyl (C=O) groups is 1. The van der Waals surface area contributed by atoms with E-state index >= 15 is 0 Å². The molecule has 2 N–H and O–H groups in total. The number of nitrogens with zero attached hydrogens (tertiary/aromatic N) is 3. The molecule has 23 heavy (non-hydrogen) atoms. The minimum Gasteiger partial charge on any atom is -0.368 e. The zero-order valence-electron chi connectivity index (χ0n) is 13.1. The van der Waals surface area contributed by atoms with E-state index in [0.717, 1.165) is 44.0 Å². The molecule has 1 aliphatic heterocycles. The molecule has 1 aromatic heterocycles. The molecule has 0 spiro atoms. The SMILES string of the molecule is NC(=O)[C@H](c1ccccc1)N1CCN(Cc2ccccn2)CC1. The highest BCUT2D eigenvalue weighted by Crippen LogP contribution is 2.22. The fourth-order valence-electron chi connectivity index (χ4n) is 3.09. The van der Waals surface area contributed by atoms with Gasteiger partial charge in [0, 0.05) is 38.9 Å². The maximum absolute atomic E-state index is 11.9. The minimum absolute atomic E-state index is 0.283. The number of rotatable bonds is 5. The van der Waals surface area contributed by atoms with Crippen molar-refractivity contribution < 1.29 is 4.79 Å². The molecule has 1 amide bonds. The van der Waals surface area contributed by atoms with Gasteiger partial charge in [-0.25, -0.2) is 0 Å². The second-order valence-electron chi connectivity index (χ2n) is 5.85. The number of nitrogens with two attached hydrogens (primary N) is 1. The Labute approximate surface area is 136 Å². The van der Waals surface area contributed by atoms with Crippen molar-refractivity contribution in [3.63, 3.8) is 0 Å². The van der Waals surface area contributed by atoms with Gasteiger partial charge in [-0.1, -0.05) is 36.4 Å². The molecule has 1 aliphatic rings. The quantitative estimate of drug-likeness (QED) is 0.907. The number of piperazine rings is 1. The molecule has 0 saturated carbocycles. The van der Waals surface area contributed by atoms with Crippen LogP contribution in [0.1, 0.15) is 17.3 Å². The van der Waals surface area contributed by atoms with Gasteiger partial charge >= 0.3 is 0 Å². The summed E-state index contributed by atoms with van der Waals surface area (Å²) >= 11 is 0. The van der Waals surface area contributed by atoms with E-state index in [-0.39, 0.29) is 11.9 Å². The fraction of sp³-hybridized carbons (Fsp3) is 0.333. The molecule has 0 aliphatic carbocycles. The third kappa shape index (κ3) is 3.94. The van der Waals surface area contributed by atoms with Crippen LogP contribution in [0.15, 0.2) is 54.7 Å². The molecule has 0 unspecified atom stereocenters. The van der Waals surface area contributed by atoms with Crippen molar-refractivity contribution in [3.05, 3.63) is 66.0 Å². The number of carbonyl (C=O) groups excluding carboxylic acids is 1. The first-order chi connectivity index (χ1) is 11.2. The van der Waals surface area contributed by atoms with Crippen LogP contribution in [0.4, 0.5) is 0 Å². The number of benzene rings is 1. The van der Waals surface area contributed by atoms with Crippen molar-refractivity contribution in [2.24, 2.45) is 5.73 Å². The van der Waals surface area contributed by atoms with Gasteiger partial charge in [0.25, 0.3) is 0 Å². The third-order valence-electron chi connectivity index (χ3n) is 4.27. The van der Waals surface area contributed by atoms with E-state index < -0.39 is 0 Å². The maximum Gasteiger partial charge on any atom is 0.239 e. The van der Waals surface area contributed by atoms with Crippen LogP contribution in [-0.2, 0) is 11.3 Å². The normalized spacial score (nSPS) is 17.7. The molecule has 3 rings (SSSR count). The first-order valence-corrected chi connectivity index (χ1v) is 7.94. The summed E-state index contributed by atoms with van der Waals surface area (Å²) in [6.07, 6.45) is 1.82. The number of hydrogen-bond donors (Lipinski definition) is 1. The Morgan fingerprint density at radius 3 is 2.35 bits per heavy atom. The Kier molecular flexibility index (Phi) is 5.00. The van der Waals surface area contributed by atoms with E-state index in [2.05, 4.69) is 14.8 Å². The van der Waals surface area contributed by atoms with Crippen LogP contribution in [0.25, 0.3) is 0 Å². The Morgan fingerprint density at radius 1 is 1.04 bits per heavy atom. The Balaban J connectivity index is 1.62. The fourth-order valence-corrected chi connectivity index (χ4v) is 3.09. The highest BCUT2D eigenvalue weighted by molar-refractivity contribution is 5.81. The van der Waals surface area contributed by atoms with Gasteiger partial charge in [-0.15, -0.1) is 0 Å². The number of hydrogen-bond acceptors (Lipinski definition) is 4. The lowest BCUT2D eigenvalue weighted by Gasteiger charge is -2.38. The number of primary amides is 1. The highest BCUT2D eigenvalue weighted by atomic mass is 16.1. The molecule has 2 aromatic rings. The van der Waals surface area contributed by atoms with Gasteiger partial charge in [0.15, 0.2) is 0 Å². The second-order valence-corrected chi connectivity index (χ2v) is 5.85. The largest absolute Gasteiger partial charge is 0.368 e. The van der Waals surface area contributed by atoms with Crippen LogP contribution < -0.4 is 5.73 Å². The van der Waals surface area contributed by atoms with Crippen molar-refractivity contribution in [1.29, 1.82) is 0 Å². The number of aromatic nitrogens is 1. The molecular weight excluding hydrogens is 288 g/mol. The molecule has 2 heterocycles. The summed E-state index contributed by atoms with van der Waals surface area (Å²) in [5.41, 5.74) is 7.70. The monoisotopic (exact) mass is 310 g/mol. The van der Waals surface area contributed by atoms with Crippen LogP contribution in [0, 0.1) is 0 Å². The summed E-state index contributed by atoms with van der Waals surface area (Å²) in [5, 5.41) is 0. The molecule has 0 bridgehead atoms. The molecule has 1 atom stereocenters. The van der Waals surface area contributed by atoms with Crippen molar-refractivity contribution in [2.75, 3.05) is 26.2 Å². The van der Waals surface area contributed by atoms with Gasteiger partial charge in [0.1, 0.15) is 6.04 Å². The zero-order chi connectivity index (χ0) is 16.1. The maximum atomic E-state index is 11.9. The van der Waals surface area contributed by atoms with Gasteiger partial charge in [-0.3, -0.25) is 19.6 Å². The van der Waals surface area contributed by atoms with E-state index in [4.69, 9.17) is 5.73 Å². The molecule has 120 valence electrons. The van der Waals surface area contributed by atoms with E-state index in [9.17, 15) is 4.79 Å². The molecule has 1 aromatic carbocycles. The second kappa shape index (κ2) is 7.35. The van der Waals surface area contributed by atoms with E-state index in [0.29, 0.717) is 0 Å². The summed E-state index contributed by atoms with van der Waals surface area (Å²) in [6, 6.07) is 15.4. The van der Waals surface area contributed by atoms with E-state index in [1.165, 1.54) is 0 Å². The average Bonchev–Trinajstić information content (AvgIpc) is 2.58. The summed E-state index contributed by atoms with van der Waals surface area (Å²) < 4.78 is 0. The van der Waals surface area contributed by atoms with Gasteiger partial charge in [0.2, 0.25) is 5.91 Å². The van der Waals surface area contributed by atoms with Gasteiger partial charge < -0.3 is 5.73 Å². The topological polar surface area (TPSA) is 62.5 Å². The van der Waals surface area contributed by atoms with Crippen molar-refractivity contribution >= 4 is 5.91 Å². The lowest BCUT2D eigenvalue weighted by atomic mass is 10.0. The van der Waals surface area contributed by atoms with Crippen LogP contribution in [-0.4, -0.2) is 46.9 Å². The predicted octanol–water partition coefficient (Wildman–Crippen LogP) is 1.43. The Hall–Kier alpha value is -2.24. The molecule has 0 radical (unpaired) electrons. The predicted molar refractivity (Wildman–Crippen MR) is 89.5 cm³/mol. The van der Waals surface area contributed by atoms with Gasteiger partial charge in [0.05, 0.1) is 5.69 Å². The number of pyridine rings is 1. The lowest BCUT2D eigenvalue weighted by molar-refractivity contribution is -0.124. The van der Waals surface area contributed by atoms with Crippen molar-refractivity contribution in [3.8, 4) is 0 Å². The van der Waals surface area contributed by atoms with Crippen LogP contribution in [0.2, 0.25) is 0 Å². The van der Waals surface area contributed by atoms with E-state index in [1.807, 2.05) is 54.7 Å². The third-order valence-corrected chi connectivity index (χ3v) is 4.27. The standard InChI is InChI=1S/C18H22N4O/c19-18(23)17(15-6-2-1-3-7-15)22-12-10-21(11-13-22)14-16-8-4-5-9-20-16/h1-9,17H,10-14H2,(H2,19,23)/t17-/m0/s1. The minimum atomic E-state index is -0.340. The smallest absolute Gasteiger partial charge is 0.239 e. The summed E-state index contributed by atoms with van der Waals surface area (Å²) in [4.78, 5) is 20.8. The first-order valence-electron chi connectivity index (χ1n) is 7.94. The lowest BCUT2D eigenvalue weighted by Crippen LogP contribution is -2.50. The van der Waals surface area contributed by atoms with E-state index in [1.54, 1.807) is 0 Å². The molecule has 5 nitrogen and oxygen atoms in total. The summed E-state index contributed by atoms with van der Waals surface area (Å²) in [6.45, 7) is 4.33. The van der Waals surface area contributed by atoms with Gasteiger partial charge in [-0.05, 0) is 17.7 Å². The highest BCUT2D eigenvalue weighted by Gasteiger charge is 2.28. The zero-order valence-corrected chi connectivity index (χ0v) is 13.1. The molecule has 1 fully saturated rings. The van der Waals surface area contributed by atoms with Crippen molar-refractivity contribution in [2.45, 2.75) is 12.6 Å². The molecular formula is C18H22N4O. The van der Waals surface area contributed by atoms with Crippen molar-refractivity contribution in [1.82, 2.24) is 14.8 Å².